The van der Waals surface area contributed by atoms with E-state index in [4.69, 9.17) is 16.2 Å². The molecule has 0 aliphatic carbocycles. The molecular weight excluding hydrogens is 574 g/mol. The number of rotatable bonds is 15. The van der Waals surface area contributed by atoms with Crippen molar-refractivity contribution in [2.75, 3.05) is 19.6 Å². The van der Waals surface area contributed by atoms with E-state index >= 15 is 0 Å². The summed E-state index contributed by atoms with van der Waals surface area (Å²) in [6.07, 6.45) is 4.22. The number of hydrogen-bond donors (Lipinski definition) is 5. The van der Waals surface area contributed by atoms with E-state index in [-0.39, 0.29) is 61.8 Å². The van der Waals surface area contributed by atoms with Crippen LogP contribution in [0.2, 0.25) is 0 Å². The Bertz CT molecular complexity index is 1310. The summed E-state index contributed by atoms with van der Waals surface area (Å²) in [6, 6.07) is 16.7. The number of aliphatic imine (C=N–C) groups is 1. The van der Waals surface area contributed by atoms with Gasteiger partial charge in [-0.1, -0.05) is 74.5 Å². The fourth-order valence-electron chi connectivity index (χ4n) is 4.91. The number of ether oxygens (including phenoxy) is 1. The van der Waals surface area contributed by atoms with Gasteiger partial charge in [0.1, 0.15) is 18.7 Å². The standard InChI is InChI=1S/C33H45N7O5/c1-23(2)27(21-37-29(41)18-17-24-11-5-3-6-12-24)38-30(42)28-16-10-20-40(28)31(43)26(15-9-19-36-32(34)35)39-33(44)45-22-25-13-7-4-8-14-25/h3-8,11-14,17-18,23,26-28H,9-10,15-16,19-22H2,1-2H3,(H,37,41)(H,38,42)(H,39,44)(H4,34,35,36)/b18-17+/t26-,27+,28-/m0/s1. The summed E-state index contributed by atoms with van der Waals surface area (Å²) in [5.41, 5.74) is 12.6. The number of alkyl carbamates (subject to hydrolysis) is 1. The quantitative estimate of drug-likeness (QED) is 0.0877. The molecule has 1 fully saturated rings. The molecular formula is C33H45N7O5. The average molecular weight is 620 g/mol. The van der Waals surface area contributed by atoms with Crippen molar-refractivity contribution in [3.63, 3.8) is 0 Å². The van der Waals surface area contributed by atoms with Crippen molar-refractivity contribution < 1.29 is 23.9 Å². The molecule has 0 spiro atoms. The molecule has 242 valence electrons. The van der Waals surface area contributed by atoms with Gasteiger partial charge < -0.3 is 37.1 Å². The second kappa shape index (κ2) is 18.1. The van der Waals surface area contributed by atoms with E-state index in [1.807, 2.05) is 74.5 Å². The zero-order valence-electron chi connectivity index (χ0n) is 26.0. The number of guanidine groups is 1. The third-order valence-electron chi connectivity index (χ3n) is 7.44. The van der Waals surface area contributed by atoms with Crippen LogP contribution in [-0.4, -0.2) is 72.4 Å². The van der Waals surface area contributed by atoms with Gasteiger partial charge in [0.15, 0.2) is 5.96 Å². The van der Waals surface area contributed by atoms with E-state index in [9.17, 15) is 19.2 Å². The minimum absolute atomic E-state index is 0.0160. The molecule has 0 unspecified atom stereocenters. The summed E-state index contributed by atoms with van der Waals surface area (Å²) < 4.78 is 5.35. The van der Waals surface area contributed by atoms with Gasteiger partial charge >= 0.3 is 6.09 Å². The topological polar surface area (TPSA) is 181 Å². The fourth-order valence-corrected chi connectivity index (χ4v) is 4.91. The van der Waals surface area contributed by atoms with Crippen LogP contribution in [0.1, 0.15) is 50.7 Å². The SMILES string of the molecule is CC(C)[C@@H](CNC(=O)/C=C/c1ccccc1)NC(=O)[C@@H]1CCCN1C(=O)[C@H](CCCN=C(N)N)NC(=O)OCc1ccccc1. The molecule has 1 saturated heterocycles. The maximum atomic E-state index is 13.7. The number of hydrogen-bond acceptors (Lipinski definition) is 6. The van der Waals surface area contributed by atoms with Gasteiger partial charge in [-0.05, 0) is 48.8 Å². The molecule has 0 saturated carbocycles. The van der Waals surface area contributed by atoms with Crippen LogP contribution >= 0.6 is 0 Å². The van der Waals surface area contributed by atoms with Crippen molar-refractivity contribution in [1.82, 2.24) is 20.9 Å². The number of likely N-dealkylation sites (tertiary alicyclic amines) is 1. The summed E-state index contributed by atoms with van der Waals surface area (Å²) in [7, 11) is 0. The average Bonchev–Trinajstić information content (AvgIpc) is 3.53. The Morgan fingerprint density at radius 3 is 2.38 bits per heavy atom. The first-order chi connectivity index (χ1) is 21.6. The highest BCUT2D eigenvalue weighted by Crippen LogP contribution is 2.20. The van der Waals surface area contributed by atoms with E-state index in [2.05, 4.69) is 20.9 Å². The van der Waals surface area contributed by atoms with Gasteiger partial charge in [0.25, 0.3) is 0 Å². The highest BCUT2D eigenvalue weighted by Gasteiger charge is 2.38. The zero-order chi connectivity index (χ0) is 32.6. The molecule has 0 aromatic heterocycles. The van der Waals surface area contributed by atoms with Crippen molar-refractivity contribution in [1.29, 1.82) is 0 Å². The third-order valence-corrected chi connectivity index (χ3v) is 7.44. The molecule has 2 aromatic carbocycles. The Labute approximate surface area is 264 Å². The summed E-state index contributed by atoms with van der Waals surface area (Å²) >= 11 is 0. The number of benzene rings is 2. The number of carbonyl (C=O) groups excluding carboxylic acids is 4. The van der Waals surface area contributed by atoms with Crippen LogP contribution in [0.25, 0.3) is 6.08 Å². The van der Waals surface area contributed by atoms with Gasteiger partial charge in [0, 0.05) is 31.8 Å². The summed E-state index contributed by atoms with van der Waals surface area (Å²) in [4.78, 5) is 57.8. The lowest BCUT2D eigenvalue weighted by Gasteiger charge is -2.30. The monoisotopic (exact) mass is 619 g/mol. The van der Waals surface area contributed by atoms with Gasteiger partial charge in [-0.3, -0.25) is 19.4 Å². The fraction of sp³-hybridized carbons (Fsp3) is 0.424. The summed E-state index contributed by atoms with van der Waals surface area (Å²) in [5.74, 6) is -1.01. The largest absolute Gasteiger partial charge is 0.445 e. The first kappa shape index (κ1) is 34.6. The van der Waals surface area contributed by atoms with Crippen LogP contribution in [0, 0.1) is 5.92 Å². The van der Waals surface area contributed by atoms with Crippen molar-refractivity contribution >= 4 is 35.9 Å². The molecule has 12 nitrogen and oxygen atoms in total. The Balaban J connectivity index is 1.61. The number of nitrogens with one attached hydrogen (secondary N) is 3. The van der Waals surface area contributed by atoms with Gasteiger partial charge in [-0.2, -0.15) is 0 Å². The van der Waals surface area contributed by atoms with Crippen molar-refractivity contribution in [3.8, 4) is 0 Å². The van der Waals surface area contributed by atoms with Crippen LogP contribution in [0.3, 0.4) is 0 Å². The maximum absolute atomic E-state index is 13.7. The lowest BCUT2D eigenvalue weighted by atomic mass is 10.0. The minimum atomic E-state index is -0.938. The molecule has 7 N–H and O–H groups in total. The van der Waals surface area contributed by atoms with Crippen LogP contribution in [0.4, 0.5) is 4.79 Å². The number of amides is 4. The predicted molar refractivity (Wildman–Crippen MR) is 173 cm³/mol. The first-order valence-corrected chi connectivity index (χ1v) is 15.3. The molecule has 12 heteroatoms. The molecule has 45 heavy (non-hydrogen) atoms. The lowest BCUT2D eigenvalue weighted by molar-refractivity contribution is -0.140. The Kier molecular flexibility index (Phi) is 13.9. The normalized spacial score (nSPS) is 15.7. The van der Waals surface area contributed by atoms with Gasteiger partial charge in [0.2, 0.25) is 17.7 Å². The zero-order valence-corrected chi connectivity index (χ0v) is 26.0. The summed E-state index contributed by atoms with van der Waals surface area (Å²) in [6.45, 7) is 4.82. The highest BCUT2D eigenvalue weighted by atomic mass is 16.5. The number of carbonyl (C=O) groups is 4. The van der Waals surface area contributed by atoms with Crippen LogP contribution in [-0.2, 0) is 25.7 Å². The van der Waals surface area contributed by atoms with Crippen LogP contribution in [0.15, 0.2) is 71.7 Å². The van der Waals surface area contributed by atoms with Crippen molar-refractivity contribution in [3.05, 3.63) is 77.9 Å². The van der Waals surface area contributed by atoms with Gasteiger partial charge in [-0.25, -0.2) is 4.79 Å². The molecule has 2 aromatic rings. The Hall–Kier alpha value is -4.87. The number of nitrogens with zero attached hydrogens (tertiary/aromatic N) is 2. The minimum Gasteiger partial charge on any atom is -0.445 e. The molecule has 3 atom stereocenters. The molecule has 0 radical (unpaired) electrons. The Morgan fingerprint density at radius 1 is 1.02 bits per heavy atom. The van der Waals surface area contributed by atoms with Crippen LogP contribution < -0.4 is 27.4 Å². The Morgan fingerprint density at radius 2 is 1.71 bits per heavy atom. The van der Waals surface area contributed by atoms with E-state index in [1.54, 1.807) is 6.08 Å². The molecule has 3 rings (SSSR count). The smallest absolute Gasteiger partial charge is 0.408 e. The second-order valence-electron chi connectivity index (χ2n) is 11.2. The van der Waals surface area contributed by atoms with E-state index in [1.165, 1.54) is 11.0 Å². The molecule has 0 bridgehead atoms. The van der Waals surface area contributed by atoms with E-state index < -0.39 is 18.2 Å². The molecule has 1 aliphatic rings. The first-order valence-electron chi connectivity index (χ1n) is 15.3. The number of nitrogens with two attached hydrogens (primary N) is 2. The lowest BCUT2D eigenvalue weighted by Crippen LogP contribution is -2.56. The van der Waals surface area contributed by atoms with Crippen molar-refractivity contribution in [2.45, 2.75) is 64.3 Å². The third kappa shape index (κ3) is 12.0. The molecule has 1 heterocycles. The second-order valence-corrected chi connectivity index (χ2v) is 11.2. The molecule has 1 aliphatic heterocycles. The summed E-state index contributed by atoms with van der Waals surface area (Å²) in [5, 5.41) is 8.56. The van der Waals surface area contributed by atoms with Gasteiger partial charge in [0.05, 0.1) is 0 Å². The molecule has 4 amide bonds. The maximum Gasteiger partial charge on any atom is 0.408 e. The van der Waals surface area contributed by atoms with Crippen molar-refractivity contribution in [2.24, 2.45) is 22.4 Å². The van der Waals surface area contributed by atoms with Crippen LogP contribution in [0.5, 0.6) is 0 Å². The predicted octanol–water partition coefficient (Wildman–Crippen LogP) is 2.30. The highest BCUT2D eigenvalue weighted by molar-refractivity contribution is 5.93. The van der Waals surface area contributed by atoms with E-state index in [0.717, 1.165) is 11.1 Å². The van der Waals surface area contributed by atoms with E-state index in [0.29, 0.717) is 25.8 Å². The van der Waals surface area contributed by atoms with Gasteiger partial charge in [-0.15, -0.1) is 0 Å².